The highest BCUT2D eigenvalue weighted by Gasteiger charge is 2.17. The molecule has 6 nitrogen and oxygen atoms in total. The Morgan fingerprint density at radius 1 is 1.38 bits per heavy atom. The number of halogens is 1. The van der Waals surface area contributed by atoms with Gasteiger partial charge >= 0.3 is 0 Å². The van der Waals surface area contributed by atoms with Crippen molar-refractivity contribution in [2.75, 3.05) is 5.32 Å². The van der Waals surface area contributed by atoms with Gasteiger partial charge in [-0.2, -0.15) is 0 Å². The summed E-state index contributed by atoms with van der Waals surface area (Å²) in [6.45, 7) is 1.54. The second-order valence-electron chi connectivity index (χ2n) is 4.10. The highest BCUT2D eigenvalue weighted by Crippen LogP contribution is 2.18. The Kier molecular flexibility index (Phi) is 4.49. The van der Waals surface area contributed by atoms with Crippen molar-refractivity contribution in [1.82, 2.24) is 4.98 Å². The molecule has 2 rings (SSSR count). The zero-order chi connectivity index (χ0) is 15.4. The lowest BCUT2D eigenvalue weighted by molar-refractivity contribution is -0.122. The van der Waals surface area contributed by atoms with Gasteiger partial charge in [0.15, 0.2) is 11.2 Å². The van der Waals surface area contributed by atoms with Crippen molar-refractivity contribution in [3.63, 3.8) is 0 Å². The fourth-order valence-corrected chi connectivity index (χ4v) is 2.09. The number of thiazole rings is 1. The van der Waals surface area contributed by atoms with Crippen LogP contribution in [0.3, 0.4) is 0 Å². The zero-order valence-electron chi connectivity index (χ0n) is 11.0. The average molecular weight is 309 g/mol. The van der Waals surface area contributed by atoms with E-state index >= 15 is 0 Å². The number of carbonyl (C=O) groups is 2. The molecule has 0 spiro atoms. The molecule has 8 heteroatoms. The molecule has 0 bridgehead atoms. The lowest BCUT2D eigenvalue weighted by Crippen LogP contribution is -2.30. The van der Waals surface area contributed by atoms with Gasteiger partial charge in [0.1, 0.15) is 16.4 Å². The summed E-state index contributed by atoms with van der Waals surface area (Å²) in [6, 6.07) is 5.32. The van der Waals surface area contributed by atoms with Crippen molar-refractivity contribution in [3.8, 4) is 5.75 Å². The number of rotatable bonds is 5. The molecule has 2 aromatic rings. The van der Waals surface area contributed by atoms with Gasteiger partial charge in [-0.3, -0.25) is 14.9 Å². The maximum atomic E-state index is 12.8. The number of aromatic nitrogens is 1. The molecule has 1 aromatic carbocycles. The Morgan fingerprint density at radius 2 is 2.05 bits per heavy atom. The lowest BCUT2D eigenvalue weighted by Gasteiger charge is -2.13. The van der Waals surface area contributed by atoms with Crippen molar-refractivity contribution in [2.45, 2.75) is 13.0 Å². The normalized spacial score (nSPS) is 11.7. The third-order valence-electron chi connectivity index (χ3n) is 2.47. The first-order chi connectivity index (χ1) is 9.95. The molecule has 0 unspecified atom stereocenters. The Bertz CT molecular complexity index is 657. The second-order valence-corrected chi connectivity index (χ2v) is 5.13. The molecule has 21 heavy (non-hydrogen) atoms. The summed E-state index contributed by atoms with van der Waals surface area (Å²) in [5, 5.41) is 2.76. The van der Waals surface area contributed by atoms with E-state index in [1.54, 1.807) is 6.92 Å². The third-order valence-corrected chi connectivity index (χ3v) is 3.40. The average Bonchev–Trinajstić information content (AvgIpc) is 2.90. The second kappa shape index (κ2) is 6.31. The van der Waals surface area contributed by atoms with Crippen LogP contribution in [0.4, 0.5) is 9.52 Å². The SMILES string of the molecule is C[C@H](Oc1ccc(F)cc1)C(=O)Nc1ncc(C(N)=O)s1. The van der Waals surface area contributed by atoms with Gasteiger partial charge in [0, 0.05) is 0 Å². The van der Waals surface area contributed by atoms with Crippen molar-refractivity contribution in [3.05, 3.63) is 41.2 Å². The number of amides is 2. The van der Waals surface area contributed by atoms with Crippen molar-refractivity contribution < 1.29 is 18.7 Å². The lowest BCUT2D eigenvalue weighted by atomic mass is 10.3. The van der Waals surface area contributed by atoms with E-state index in [0.717, 1.165) is 11.3 Å². The largest absolute Gasteiger partial charge is 0.481 e. The van der Waals surface area contributed by atoms with Crippen LogP contribution in [0.15, 0.2) is 30.5 Å². The first kappa shape index (κ1) is 14.9. The minimum atomic E-state index is -0.809. The number of hydrogen-bond donors (Lipinski definition) is 2. The van der Waals surface area contributed by atoms with Crippen LogP contribution in [0.25, 0.3) is 0 Å². The van der Waals surface area contributed by atoms with Crippen molar-refractivity contribution in [1.29, 1.82) is 0 Å². The van der Waals surface area contributed by atoms with Crippen molar-refractivity contribution >= 4 is 28.3 Å². The molecule has 3 N–H and O–H groups in total. The van der Waals surface area contributed by atoms with Gasteiger partial charge in [0.05, 0.1) is 6.20 Å². The standard InChI is InChI=1S/C13H12FN3O3S/c1-7(20-9-4-2-8(14)3-5-9)12(19)17-13-16-6-10(21-13)11(15)18/h2-7H,1H3,(H2,15,18)(H,16,17,19)/t7-/m0/s1. The fraction of sp³-hybridized carbons (Fsp3) is 0.154. The van der Waals surface area contributed by atoms with Gasteiger partial charge in [-0.15, -0.1) is 0 Å². The van der Waals surface area contributed by atoms with Gasteiger partial charge in [-0.1, -0.05) is 11.3 Å². The quantitative estimate of drug-likeness (QED) is 0.880. The Morgan fingerprint density at radius 3 is 2.62 bits per heavy atom. The molecule has 0 saturated heterocycles. The summed E-state index contributed by atoms with van der Waals surface area (Å²) in [4.78, 5) is 26.9. The highest BCUT2D eigenvalue weighted by atomic mass is 32.1. The molecule has 110 valence electrons. The van der Waals surface area contributed by atoms with Crippen LogP contribution in [0.2, 0.25) is 0 Å². The summed E-state index contributed by atoms with van der Waals surface area (Å²) in [5.41, 5.74) is 5.10. The molecule has 1 aromatic heterocycles. The van der Waals surface area contributed by atoms with Crippen LogP contribution in [0.1, 0.15) is 16.6 Å². The Balaban J connectivity index is 1.95. The molecule has 0 aliphatic rings. The minimum absolute atomic E-state index is 0.248. The zero-order valence-corrected chi connectivity index (χ0v) is 11.8. The molecule has 1 atom stereocenters. The van der Waals surface area contributed by atoms with Gasteiger partial charge in [0.2, 0.25) is 0 Å². The number of nitrogens with two attached hydrogens (primary N) is 1. The van der Waals surface area contributed by atoms with E-state index in [9.17, 15) is 14.0 Å². The van der Waals surface area contributed by atoms with Crippen LogP contribution in [-0.4, -0.2) is 22.9 Å². The van der Waals surface area contributed by atoms with Gasteiger partial charge in [-0.05, 0) is 31.2 Å². The number of ether oxygens (including phenoxy) is 1. The maximum absolute atomic E-state index is 12.8. The molecule has 0 aliphatic heterocycles. The van der Waals surface area contributed by atoms with Crippen LogP contribution in [0.5, 0.6) is 5.75 Å². The van der Waals surface area contributed by atoms with Gasteiger partial charge < -0.3 is 10.5 Å². The predicted octanol–water partition coefficient (Wildman–Crippen LogP) is 1.79. The van der Waals surface area contributed by atoms with E-state index in [2.05, 4.69) is 10.3 Å². The molecular weight excluding hydrogens is 297 g/mol. The summed E-state index contributed by atoms with van der Waals surface area (Å²) < 4.78 is 18.1. The van der Waals surface area contributed by atoms with Crippen LogP contribution in [0, 0.1) is 5.82 Å². The summed E-state index contributed by atoms with van der Waals surface area (Å²) in [5.74, 6) is -1.06. The predicted molar refractivity (Wildman–Crippen MR) is 75.8 cm³/mol. The Hall–Kier alpha value is -2.48. The topological polar surface area (TPSA) is 94.3 Å². The van der Waals surface area contributed by atoms with Gasteiger partial charge in [0.25, 0.3) is 11.8 Å². The molecular formula is C13H12FN3O3S. The molecule has 1 heterocycles. The molecule has 0 radical (unpaired) electrons. The van der Waals surface area contributed by atoms with Crippen molar-refractivity contribution in [2.24, 2.45) is 5.73 Å². The molecule has 2 amide bonds. The first-order valence-corrected chi connectivity index (χ1v) is 6.76. The Labute approximate surface area is 123 Å². The van der Waals surface area contributed by atoms with E-state index in [1.807, 2.05) is 0 Å². The number of carbonyl (C=O) groups excluding carboxylic acids is 2. The fourth-order valence-electron chi connectivity index (χ4n) is 1.42. The summed E-state index contributed by atoms with van der Waals surface area (Å²) in [7, 11) is 0. The van der Waals surface area contributed by atoms with Crippen LogP contribution >= 0.6 is 11.3 Å². The van der Waals surface area contributed by atoms with E-state index in [0.29, 0.717) is 5.75 Å². The highest BCUT2D eigenvalue weighted by molar-refractivity contribution is 7.17. The number of nitrogens with zero attached hydrogens (tertiary/aromatic N) is 1. The number of hydrogen-bond acceptors (Lipinski definition) is 5. The summed E-state index contributed by atoms with van der Waals surface area (Å²) in [6.07, 6.45) is 0.477. The van der Waals surface area contributed by atoms with E-state index in [-0.39, 0.29) is 15.8 Å². The number of primary amides is 1. The van der Waals surface area contributed by atoms with Gasteiger partial charge in [-0.25, -0.2) is 9.37 Å². The van der Waals surface area contributed by atoms with Crippen LogP contribution < -0.4 is 15.8 Å². The number of nitrogens with one attached hydrogen (secondary N) is 1. The number of anilines is 1. The van der Waals surface area contributed by atoms with E-state index in [4.69, 9.17) is 10.5 Å². The van der Waals surface area contributed by atoms with Crippen LogP contribution in [-0.2, 0) is 4.79 Å². The molecule has 0 aliphatic carbocycles. The van der Waals surface area contributed by atoms with E-state index in [1.165, 1.54) is 30.5 Å². The smallest absolute Gasteiger partial charge is 0.266 e. The monoisotopic (exact) mass is 309 g/mol. The number of benzene rings is 1. The maximum Gasteiger partial charge on any atom is 0.266 e. The van der Waals surface area contributed by atoms with E-state index < -0.39 is 17.9 Å². The summed E-state index contributed by atoms with van der Waals surface area (Å²) >= 11 is 0.972. The molecule has 0 fully saturated rings. The minimum Gasteiger partial charge on any atom is -0.481 e. The molecule has 0 saturated carbocycles. The first-order valence-electron chi connectivity index (χ1n) is 5.94. The third kappa shape index (κ3) is 3.99.